The Balaban J connectivity index is 1.63. The maximum atomic E-state index is 12.6. The lowest BCUT2D eigenvalue weighted by molar-refractivity contribution is -0.137. The van der Waals surface area contributed by atoms with Crippen molar-refractivity contribution >= 4 is 5.91 Å². The van der Waals surface area contributed by atoms with Crippen LogP contribution in [0.5, 0.6) is 5.75 Å². The molecule has 140 valence electrons. The number of rotatable bonds is 6. The summed E-state index contributed by atoms with van der Waals surface area (Å²) in [6.07, 6.45) is -0.615. The molecule has 2 aromatic carbocycles. The number of amides is 1. The van der Waals surface area contributed by atoms with Gasteiger partial charge in [0.25, 0.3) is 5.91 Å². The van der Waals surface area contributed by atoms with Gasteiger partial charge < -0.3 is 14.2 Å². The molecule has 0 unspecified atom stereocenters. The van der Waals surface area contributed by atoms with Crippen LogP contribution in [-0.2, 0) is 11.3 Å². The molecule has 1 aromatic heterocycles. The standard InChI is InChI=1S/C21H23N3O3/c1-14-9-11-17(12-10-14)20-22-19(27-23-20)13-24(4)21(25)16(3)26-18-8-6-5-7-15(18)2/h5-12,16H,13H2,1-4H3/t16-/m0/s1. The Morgan fingerprint density at radius 2 is 1.85 bits per heavy atom. The summed E-state index contributed by atoms with van der Waals surface area (Å²) in [5, 5.41) is 4.00. The average molecular weight is 365 g/mol. The fraction of sp³-hybridized carbons (Fsp3) is 0.286. The van der Waals surface area contributed by atoms with Crippen molar-refractivity contribution in [3.8, 4) is 17.1 Å². The minimum absolute atomic E-state index is 0.159. The molecule has 0 aliphatic carbocycles. The average Bonchev–Trinajstić information content (AvgIpc) is 3.12. The predicted molar refractivity (Wildman–Crippen MR) is 102 cm³/mol. The smallest absolute Gasteiger partial charge is 0.263 e. The molecule has 0 N–H and O–H groups in total. The van der Waals surface area contributed by atoms with Crippen molar-refractivity contribution in [1.82, 2.24) is 15.0 Å². The first-order chi connectivity index (χ1) is 12.9. The van der Waals surface area contributed by atoms with Crippen LogP contribution in [0, 0.1) is 13.8 Å². The molecule has 3 aromatic rings. The molecule has 0 fully saturated rings. The normalized spacial score (nSPS) is 11.9. The van der Waals surface area contributed by atoms with Crippen LogP contribution in [0.15, 0.2) is 53.1 Å². The number of para-hydroxylation sites is 1. The molecular formula is C21H23N3O3. The van der Waals surface area contributed by atoms with Crippen LogP contribution in [0.3, 0.4) is 0 Å². The Bertz CT molecular complexity index is 918. The number of hydrogen-bond acceptors (Lipinski definition) is 5. The topological polar surface area (TPSA) is 68.5 Å². The van der Waals surface area contributed by atoms with E-state index in [1.165, 1.54) is 4.90 Å². The molecule has 0 spiro atoms. The van der Waals surface area contributed by atoms with Gasteiger partial charge in [0.2, 0.25) is 11.7 Å². The maximum absolute atomic E-state index is 12.6. The summed E-state index contributed by atoms with van der Waals surface area (Å²) >= 11 is 0. The van der Waals surface area contributed by atoms with Crippen molar-refractivity contribution in [3.05, 3.63) is 65.5 Å². The Labute approximate surface area is 158 Å². The van der Waals surface area contributed by atoms with Crippen molar-refractivity contribution in [2.45, 2.75) is 33.4 Å². The molecule has 0 radical (unpaired) electrons. The molecule has 0 aliphatic heterocycles. The quantitative estimate of drug-likeness (QED) is 0.665. The van der Waals surface area contributed by atoms with Gasteiger partial charge in [-0.05, 0) is 32.4 Å². The van der Waals surface area contributed by atoms with Gasteiger partial charge in [-0.3, -0.25) is 4.79 Å². The van der Waals surface area contributed by atoms with Gasteiger partial charge in [0.1, 0.15) is 5.75 Å². The summed E-state index contributed by atoms with van der Waals surface area (Å²) in [5.74, 6) is 1.43. The van der Waals surface area contributed by atoms with E-state index in [0.29, 0.717) is 17.5 Å². The van der Waals surface area contributed by atoms with Gasteiger partial charge in [-0.15, -0.1) is 0 Å². The minimum atomic E-state index is -0.615. The third-order valence-corrected chi connectivity index (χ3v) is 4.27. The highest BCUT2D eigenvalue weighted by Crippen LogP contribution is 2.19. The SMILES string of the molecule is Cc1ccc(-c2noc(CN(C)C(=O)[C@H](C)Oc3ccccc3C)n2)cc1. The first kappa shape index (κ1) is 18.6. The molecule has 1 amide bonds. The summed E-state index contributed by atoms with van der Waals surface area (Å²) in [5.41, 5.74) is 3.02. The molecule has 0 aliphatic rings. The number of aromatic nitrogens is 2. The van der Waals surface area contributed by atoms with Crippen molar-refractivity contribution in [1.29, 1.82) is 0 Å². The highest BCUT2D eigenvalue weighted by molar-refractivity contribution is 5.80. The molecule has 0 saturated heterocycles. The van der Waals surface area contributed by atoms with E-state index in [9.17, 15) is 4.79 Å². The van der Waals surface area contributed by atoms with Gasteiger partial charge in [0, 0.05) is 12.6 Å². The van der Waals surface area contributed by atoms with Gasteiger partial charge >= 0.3 is 0 Å². The summed E-state index contributed by atoms with van der Waals surface area (Å²) < 4.78 is 11.1. The highest BCUT2D eigenvalue weighted by Gasteiger charge is 2.22. The maximum Gasteiger partial charge on any atom is 0.263 e. The second kappa shape index (κ2) is 8.03. The number of likely N-dealkylation sites (N-methyl/N-ethyl adjacent to an activating group) is 1. The second-order valence-corrected chi connectivity index (χ2v) is 6.60. The zero-order chi connectivity index (χ0) is 19.4. The van der Waals surface area contributed by atoms with Crippen molar-refractivity contribution in [3.63, 3.8) is 0 Å². The summed E-state index contributed by atoms with van der Waals surface area (Å²) in [6, 6.07) is 15.5. The lowest BCUT2D eigenvalue weighted by Crippen LogP contribution is -2.37. The van der Waals surface area contributed by atoms with Gasteiger partial charge in [-0.2, -0.15) is 4.98 Å². The third kappa shape index (κ3) is 4.53. The molecular weight excluding hydrogens is 342 g/mol. The van der Waals surface area contributed by atoms with Crippen molar-refractivity contribution in [2.24, 2.45) is 0 Å². The minimum Gasteiger partial charge on any atom is -0.481 e. The van der Waals surface area contributed by atoms with E-state index in [1.807, 2.05) is 62.4 Å². The van der Waals surface area contributed by atoms with Gasteiger partial charge in [0.05, 0.1) is 6.54 Å². The zero-order valence-electron chi connectivity index (χ0n) is 16.0. The molecule has 3 rings (SSSR count). The molecule has 1 heterocycles. The van der Waals surface area contributed by atoms with Crippen LogP contribution >= 0.6 is 0 Å². The van der Waals surface area contributed by atoms with E-state index < -0.39 is 6.10 Å². The summed E-state index contributed by atoms with van der Waals surface area (Å²) in [4.78, 5) is 18.5. The van der Waals surface area contributed by atoms with Crippen LogP contribution < -0.4 is 4.74 Å². The van der Waals surface area contributed by atoms with Gasteiger partial charge in [0.15, 0.2) is 6.10 Å². The van der Waals surface area contributed by atoms with Crippen LogP contribution in [0.2, 0.25) is 0 Å². The van der Waals surface area contributed by atoms with Gasteiger partial charge in [-0.25, -0.2) is 0 Å². The molecule has 6 nitrogen and oxygen atoms in total. The summed E-state index contributed by atoms with van der Waals surface area (Å²) in [7, 11) is 1.69. The Morgan fingerprint density at radius 1 is 1.15 bits per heavy atom. The zero-order valence-corrected chi connectivity index (χ0v) is 16.0. The molecule has 0 bridgehead atoms. The number of carbonyl (C=O) groups is 1. The lowest BCUT2D eigenvalue weighted by atomic mass is 10.1. The molecule has 1 atom stereocenters. The number of benzene rings is 2. The van der Waals surface area contributed by atoms with Crippen LogP contribution in [0.4, 0.5) is 0 Å². The van der Waals surface area contributed by atoms with E-state index in [1.54, 1.807) is 14.0 Å². The molecule has 0 saturated carbocycles. The predicted octanol–water partition coefficient (Wildman–Crippen LogP) is 3.78. The number of aryl methyl sites for hydroxylation is 2. The monoisotopic (exact) mass is 365 g/mol. The number of ether oxygens (including phenoxy) is 1. The number of hydrogen-bond donors (Lipinski definition) is 0. The van der Waals surface area contributed by atoms with E-state index >= 15 is 0 Å². The second-order valence-electron chi connectivity index (χ2n) is 6.60. The fourth-order valence-corrected chi connectivity index (χ4v) is 2.66. The van der Waals surface area contributed by atoms with Crippen molar-refractivity contribution < 1.29 is 14.1 Å². The Kier molecular flexibility index (Phi) is 5.54. The number of carbonyl (C=O) groups excluding carboxylic acids is 1. The number of nitrogens with zero attached hydrogens (tertiary/aromatic N) is 3. The van der Waals surface area contributed by atoms with E-state index in [4.69, 9.17) is 9.26 Å². The highest BCUT2D eigenvalue weighted by atomic mass is 16.5. The van der Waals surface area contributed by atoms with E-state index in [2.05, 4.69) is 10.1 Å². The Hall–Kier alpha value is -3.15. The van der Waals surface area contributed by atoms with Crippen LogP contribution in [0.1, 0.15) is 23.9 Å². The molecule has 6 heteroatoms. The fourth-order valence-electron chi connectivity index (χ4n) is 2.66. The Morgan fingerprint density at radius 3 is 2.56 bits per heavy atom. The molecule has 27 heavy (non-hydrogen) atoms. The first-order valence-electron chi connectivity index (χ1n) is 8.81. The first-order valence-corrected chi connectivity index (χ1v) is 8.81. The lowest BCUT2D eigenvalue weighted by Gasteiger charge is -2.21. The van der Waals surface area contributed by atoms with Crippen molar-refractivity contribution in [2.75, 3.05) is 7.05 Å². The summed E-state index contributed by atoms with van der Waals surface area (Å²) in [6.45, 7) is 5.92. The van der Waals surface area contributed by atoms with Crippen LogP contribution in [-0.4, -0.2) is 34.1 Å². The third-order valence-electron chi connectivity index (χ3n) is 4.27. The largest absolute Gasteiger partial charge is 0.481 e. The van der Waals surface area contributed by atoms with Gasteiger partial charge in [-0.1, -0.05) is 53.2 Å². The van der Waals surface area contributed by atoms with Crippen LogP contribution in [0.25, 0.3) is 11.4 Å². The van der Waals surface area contributed by atoms with E-state index in [-0.39, 0.29) is 12.5 Å². The van der Waals surface area contributed by atoms with E-state index in [0.717, 1.165) is 16.7 Å².